The largest absolute Gasteiger partial charge is 1.00 e. The van der Waals surface area contributed by atoms with Crippen LogP contribution in [-0.2, 0) is 11.2 Å². The molecule has 2 rings (SSSR count). The van der Waals surface area contributed by atoms with Gasteiger partial charge < -0.3 is 20.4 Å². The van der Waals surface area contributed by atoms with E-state index < -0.39 is 5.97 Å². The SMILES string of the molecule is Nc1c(CC(=O)[O-])cccc1Oc1ccccn1.[Na+]. The zero-order valence-corrected chi connectivity index (χ0v) is 12.5. The summed E-state index contributed by atoms with van der Waals surface area (Å²) in [5, 5.41) is 10.6. The van der Waals surface area contributed by atoms with Gasteiger partial charge >= 0.3 is 29.6 Å². The van der Waals surface area contributed by atoms with Crippen molar-refractivity contribution in [2.24, 2.45) is 0 Å². The van der Waals surface area contributed by atoms with Crippen LogP contribution in [0.25, 0.3) is 0 Å². The maximum absolute atomic E-state index is 10.6. The van der Waals surface area contributed by atoms with Gasteiger partial charge in [0.25, 0.3) is 0 Å². The van der Waals surface area contributed by atoms with Gasteiger partial charge in [-0.3, -0.25) is 0 Å². The van der Waals surface area contributed by atoms with Crippen LogP contribution in [0.2, 0.25) is 0 Å². The number of carbonyl (C=O) groups is 1. The van der Waals surface area contributed by atoms with Crippen molar-refractivity contribution in [3.63, 3.8) is 0 Å². The Hall–Kier alpha value is -1.56. The van der Waals surface area contributed by atoms with E-state index in [0.29, 0.717) is 17.2 Å². The number of hydrogen-bond donors (Lipinski definition) is 1. The molecule has 0 aliphatic heterocycles. The maximum atomic E-state index is 10.6. The van der Waals surface area contributed by atoms with E-state index in [0.717, 1.165) is 0 Å². The van der Waals surface area contributed by atoms with Gasteiger partial charge in [-0.05, 0) is 17.7 Å². The molecule has 0 radical (unpaired) electrons. The van der Waals surface area contributed by atoms with Crippen molar-refractivity contribution >= 4 is 11.7 Å². The van der Waals surface area contributed by atoms with E-state index in [1.807, 2.05) is 0 Å². The van der Waals surface area contributed by atoms with E-state index in [4.69, 9.17) is 10.5 Å². The van der Waals surface area contributed by atoms with Gasteiger partial charge in [0.15, 0.2) is 5.75 Å². The molecule has 1 aromatic heterocycles. The second-order valence-corrected chi connectivity index (χ2v) is 3.65. The van der Waals surface area contributed by atoms with Crippen LogP contribution in [0.15, 0.2) is 42.6 Å². The molecule has 2 N–H and O–H groups in total. The molecule has 0 unspecified atom stereocenters. The van der Waals surface area contributed by atoms with Crippen LogP contribution in [-0.4, -0.2) is 11.0 Å². The molecule has 0 aliphatic carbocycles. The molecule has 5 nitrogen and oxygen atoms in total. The molecular weight excluding hydrogens is 255 g/mol. The third kappa shape index (κ3) is 4.24. The quantitative estimate of drug-likeness (QED) is 0.499. The van der Waals surface area contributed by atoms with Crippen LogP contribution in [0, 0.1) is 0 Å². The van der Waals surface area contributed by atoms with Gasteiger partial charge in [0.1, 0.15) is 0 Å². The first-order chi connectivity index (χ1) is 8.66. The van der Waals surface area contributed by atoms with Gasteiger partial charge in [-0.1, -0.05) is 18.2 Å². The summed E-state index contributed by atoms with van der Waals surface area (Å²) in [7, 11) is 0. The maximum Gasteiger partial charge on any atom is 1.00 e. The molecule has 1 aromatic carbocycles. The average molecular weight is 266 g/mol. The first-order valence-corrected chi connectivity index (χ1v) is 5.33. The summed E-state index contributed by atoms with van der Waals surface area (Å²) < 4.78 is 5.48. The van der Waals surface area contributed by atoms with E-state index >= 15 is 0 Å². The predicted molar refractivity (Wildman–Crippen MR) is 63.9 cm³/mol. The van der Waals surface area contributed by atoms with E-state index in [9.17, 15) is 9.90 Å². The zero-order valence-electron chi connectivity index (χ0n) is 10.5. The fraction of sp³-hybridized carbons (Fsp3) is 0.0769. The fourth-order valence-electron chi connectivity index (χ4n) is 1.51. The molecule has 0 amide bonds. The number of aromatic nitrogens is 1. The van der Waals surface area contributed by atoms with Crippen LogP contribution in [0.4, 0.5) is 5.69 Å². The number of benzene rings is 1. The van der Waals surface area contributed by atoms with E-state index in [1.54, 1.807) is 42.6 Å². The molecule has 1 heterocycles. The average Bonchev–Trinajstić information content (AvgIpc) is 2.35. The molecule has 92 valence electrons. The summed E-state index contributed by atoms with van der Waals surface area (Å²) >= 11 is 0. The Balaban J connectivity index is 0.00000180. The van der Waals surface area contributed by atoms with Gasteiger partial charge in [-0.15, -0.1) is 0 Å². The Morgan fingerprint density at radius 1 is 1.26 bits per heavy atom. The van der Waals surface area contributed by atoms with Crippen molar-refractivity contribution in [2.75, 3.05) is 5.73 Å². The normalized spacial score (nSPS) is 9.47. The van der Waals surface area contributed by atoms with Crippen LogP contribution in [0.1, 0.15) is 5.56 Å². The summed E-state index contributed by atoms with van der Waals surface area (Å²) in [5.74, 6) is -0.404. The van der Waals surface area contributed by atoms with Crippen LogP contribution in [0.5, 0.6) is 11.6 Å². The van der Waals surface area contributed by atoms with Gasteiger partial charge in [0, 0.05) is 24.7 Å². The van der Waals surface area contributed by atoms with Crippen LogP contribution >= 0.6 is 0 Å². The number of aliphatic carboxylic acids is 1. The molecular formula is C13H11N2NaO3. The molecule has 0 atom stereocenters. The summed E-state index contributed by atoms with van der Waals surface area (Å²) in [5.41, 5.74) is 6.58. The van der Waals surface area contributed by atoms with Crippen molar-refractivity contribution in [2.45, 2.75) is 6.42 Å². The zero-order chi connectivity index (χ0) is 13.0. The number of anilines is 1. The molecule has 0 aliphatic rings. The third-order valence-electron chi connectivity index (χ3n) is 2.34. The molecule has 0 saturated carbocycles. The summed E-state index contributed by atoms with van der Waals surface area (Å²) in [6.45, 7) is 0. The number of carboxylic acid groups (broad SMARTS) is 1. The first-order valence-electron chi connectivity index (χ1n) is 5.33. The topological polar surface area (TPSA) is 88.3 Å². The number of ether oxygens (including phenoxy) is 1. The van der Waals surface area contributed by atoms with Crippen LogP contribution in [0.3, 0.4) is 0 Å². The monoisotopic (exact) mass is 266 g/mol. The van der Waals surface area contributed by atoms with Gasteiger partial charge in [0.05, 0.1) is 5.69 Å². The Kier molecular flexibility index (Phi) is 5.82. The molecule has 0 fully saturated rings. The Bertz CT molecular complexity index is 561. The number of carboxylic acids is 1. The third-order valence-corrected chi connectivity index (χ3v) is 2.34. The number of para-hydroxylation sites is 1. The number of nitrogen functional groups attached to an aromatic ring is 1. The van der Waals surface area contributed by atoms with E-state index in [-0.39, 0.29) is 41.7 Å². The van der Waals surface area contributed by atoms with Crippen molar-refractivity contribution in [1.82, 2.24) is 4.98 Å². The van der Waals surface area contributed by atoms with E-state index in [1.165, 1.54) is 0 Å². The van der Waals surface area contributed by atoms with Crippen LogP contribution < -0.4 is 45.1 Å². The minimum absolute atomic E-state index is 0. The Morgan fingerprint density at radius 3 is 2.68 bits per heavy atom. The standard InChI is InChI=1S/C13H12N2O3.Na/c14-13-9(8-12(16)17)4-3-5-10(13)18-11-6-1-2-7-15-11;/h1-7H,8,14H2,(H,16,17);/q;+1/p-1. The molecule has 19 heavy (non-hydrogen) atoms. The van der Waals surface area contributed by atoms with Gasteiger partial charge in [-0.25, -0.2) is 4.98 Å². The number of rotatable bonds is 4. The number of hydrogen-bond acceptors (Lipinski definition) is 5. The smallest absolute Gasteiger partial charge is 0.550 e. The molecule has 0 saturated heterocycles. The van der Waals surface area contributed by atoms with Gasteiger partial charge in [-0.2, -0.15) is 0 Å². The number of nitrogens with two attached hydrogens (primary N) is 1. The summed E-state index contributed by atoms with van der Waals surface area (Å²) in [6.07, 6.45) is 1.35. The van der Waals surface area contributed by atoms with Gasteiger partial charge in [0.2, 0.25) is 5.88 Å². The molecule has 0 spiro atoms. The second-order valence-electron chi connectivity index (χ2n) is 3.65. The van der Waals surface area contributed by atoms with Crippen molar-refractivity contribution in [1.29, 1.82) is 0 Å². The summed E-state index contributed by atoms with van der Waals surface area (Å²) in [6, 6.07) is 10.2. The van der Waals surface area contributed by atoms with Crippen molar-refractivity contribution in [3.05, 3.63) is 48.2 Å². The predicted octanol–water partition coefficient (Wildman–Crippen LogP) is -2.25. The number of pyridine rings is 1. The molecule has 0 bridgehead atoms. The second kappa shape index (κ2) is 7.13. The number of nitrogens with zero attached hydrogens (tertiary/aromatic N) is 1. The summed E-state index contributed by atoms with van der Waals surface area (Å²) in [4.78, 5) is 14.6. The molecule has 2 aromatic rings. The molecule has 6 heteroatoms. The number of carbonyl (C=O) groups excluding carboxylic acids is 1. The minimum Gasteiger partial charge on any atom is -0.550 e. The Labute approximate surface area is 132 Å². The first kappa shape index (κ1) is 15.5. The fourth-order valence-corrected chi connectivity index (χ4v) is 1.51. The van der Waals surface area contributed by atoms with E-state index in [2.05, 4.69) is 4.98 Å². The van der Waals surface area contributed by atoms with Crippen molar-refractivity contribution < 1.29 is 44.2 Å². The minimum atomic E-state index is -1.18. The Morgan fingerprint density at radius 2 is 2.05 bits per heavy atom. The van der Waals surface area contributed by atoms with Crippen molar-refractivity contribution in [3.8, 4) is 11.6 Å².